The maximum absolute atomic E-state index is 12.9. The number of carbonyl (C=O) groups excluding carboxylic acids is 1. The molecular formula is C13H18FNO2S. The third-order valence-electron chi connectivity index (χ3n) is 2.45. The van der Waals surface area contributed by atoms with Gasteiger partial charge >= 0.3 is 0 Å². The summed E-state index contributed by atoms with van der Waals surface area (Å²) in [5, 5.41) is 2.77. The van der Waals surface area contributed by atoms with E-state index in [4.69, 9.17) is 0 Å². The van der Waals surface area contributed by atoms with Gasteiger partial charge in [-0.05, 0) is 31.5 Å². The zero-order valence-electron chi connectivity index (χ0n) is 10.6. The number of rotatable bonds is 6. The van der Waals surface area contributed by atoms with E-state index in [2.05, 4.69) is 5.32 Å². The average molecular weight is 271 g/mol. The molecule has 1 rings (SSSR count). The summed E-state index contributed by atoms with van der Waals surface area (Å²) in [6.07, 6.45) is 1.87. The molecular weight excluding hydrogens is 253 g/mol. The van der Waals surface area contributed by atoms with Gasteiger partial charge in [0.25, 0.3) is 0 Å². The first-order chi connectivity index (χ1) is 8.52. The highest BCUT2D eigenvalue weighted by molar-refractivity contribution is 7.85. The summed E-state index contributed by atoms with van der Waals surface area (Å²) in [5.74, 6) is -0.837. The third kappa shape index (κ3) is 4.96. The zero-order chi connectivity index (χ0) is 13.5. The minimum Gasteiger partial charge on any atom is -0.353 e. The van der Waals surface area contributed by atoms with Gasteiger partial charge in [0.05, 0.1) is 10.8 Å². The van der Waals surface area contributed by atoms with Crippen LogP contribution >= 0.6 is 0 Å². The molecule has 3 nitrogen and oxygen atoms in total. The first-order valence-corrected chi connectivity index (χ1v) is 7.28. The Hall–Kier alpha value is -1.23. The van der Waals surface area contributed by atoms with Crippen LogP contribution < -0.4 is 5.32 Å². The number of benzene rings is 1. The quantitative estimate of drug-likeness (QED) is 0.862. The van der Waals surface area contributed by atoms with E-state index < -0.39 is 16.6 Å². The lowest BCUT2D eigenvalue weighted by Gasteiger charge is -2.12. The Morgan fingerprint density at radius 3 is 2.83 bits per heavy atom. The Labute approximate surface area is 109 Å². The SMILES string of the molecule is CCCC(C)NC(=O)CS(=O)c1cccc(F)c1. The lowest BCUT2D eigenvalue weighted by Crippen LogP contribution is -2.35. The molecule has 1 N–H and O–H groups in total. The third-order valence-corrected chi connectivity index (χ3v) is 3.75. The van der Waals surface area contributed by atoms with Crippen molar-refractivity contribution in [2.24, 2.45) is 0 Å². The van der Waals surface area contributed by atoms with Gasteiger partial charge in [-0.15, -0.1) is 0 Å². The molecule has 1 aromatic rings. The number of amides is 1. The molecule has 0 radical (unpaired) electrons. The lowest BCUT2D eigenvalue weighted by molar-refractivity contribution is -0.119. The van der Waals surface area contributed by atoms with Gasteiger partial charge in [-0.25, -0.2) is 4.39 Å². The molecule has 0 aliphatic carbocycles. The summed E-state index contributed by atoms with van der Waals surface area (Å²) in [4.78, 5) is 11.9. The first kappa shape index (κ1) is 14.8. The van der Waals surface area contributed by atoms with Crippen LogP contribution in [0.4, 0.5) is 4.39 Å². The zero-order valence-corrected chi connectivity index (χ0v) is 11.4. The Morgan fingerprint density at radius 1 is 1.50 bits per heavy atom. The van der Waals surface area contributed by atoms with Crippen LogP contribution in [0.5, 0.6) is 0 Å². The summed E-state index contributed by atoms with van der Waals surface area (Å²) < 4.78 is 24.8. The average Bonchev–Trinajstić information content (AvgIpc) is 2.28. The Bertz CT molecular complexity index is 437. The topological polar surface area (TPSA) is 46.2 Å². The molecule has 0 aromatic heterocycles. The van der Waals surface area contributed by atoms with Crippen LogP contribution in [0.25, 0.3) is 0 Å². The maximum atomic E-state index is 12.9. The summed E-state index contributed by atoms with van der Waals surface area (Å²) in [6, 6.07) is 5.59. The summed E-state index contributed by atoms with van der Waals surface area (Å²) >= 11 is 0. The predicted octanol–water partition coefficient (Wildman–Crippen LogP) is 2.24. The van der Waals surface area contributed by atoms with E-state index >= 15 is 0 Å². The van der Waals surface area contributed by atoms with Gasteiger partial charge in [0.1, 0.15) is 11.6 Å². The molecule has 0 fully saturated rings. The largest absolute Gasteiger partial charge is 0.353 e. The second-order valence-electron chi connectivity index (χ2n) is 4.20. The molecule has 2 atom stereocenters. The minimum absolute atomic E-state index is 0.0759. The fourth-order valence-corrected chi connectivity index (χ4v) is 2.60. The molecule has 100 valence electrons. The van der Waals surface area contributed by atoms with Crippen molar-refractivity contribution in [2.75, 3.05) is 5.75 Å². The van der Waals surface area contributed by atoms with Crippen LogP contribution in [0.1, 0.15) is 26.7 Å². The Morgan fingerprint density at radius 2 is 2.22 bits per heavy atom. The van der Waals surface area contributed by atoms with Gasteiger partial charge in [-0.3, -0.25) is 9.00 Å². The van der Waals surface area contributed by atoms with Crippen molar-refractivity contribution in [1.29, 1.82) is 0 Å². The van der Waals surface area contributed by atoms with Crippen LogP contribution in [-0.2, 0) is 15.6 Å². The Balaban J connectivity index is 2.52. The van der Waals surface area contributed by atoms with Gasteiger partial charge < -0.3 is 5.32 Å². The molecule has 2 unspecified atom stereocenters. The van der Waals surface area contributed by atoms with E-state index in [1.165, 1.54) is 18.2 Å². The smallest absolute Gasteiger partial charge is 0.233 e. The minimum atomic E-state index is -1.50. The van der Waals surface area contributed by atoms with Crippen LogP contribution in [0.3, 0.4) is 0 Å². The fraction of sp³-hybridized carbons (Fsp3) is 0.462. The molecule has 1 amide bonds. The van der Waals surface area contributed by atoms with Crippen LogP contribution in [0.2, 0.25) is 0 Å². The van der Waals surface area contributed by atoms with Crippen molar-refractivity contribution in [1.82, 2.24) is 5.32 Å². The predicted molar refractivity (Wildman–Crippen MR) is 70.2 cm³/mol. The number of nitrogens with one attached hydrogen (secondary N) is 1. The molecule has 0 saturated carbocycles. The monoisotopic (exact) mass is 271 g/mol. The summed E-state index contributed by atoms with van der Waals surface area (Å²) in [6.45, 7) is 3.94. The van der Waals surface area contributed by atoms with Crippen LogP contribution in [0, 0.1) is 5.82 Å². The highest BCUT2D eigenvalue weighted by Crippen LogP contribution is 2.08. The number of hydrogen-bond donors (Lipinski definition) is 1. The van der Waals surface area contributed by atoms with Gasteiger partial charge in [-0.2, -0.15) is 0 Å². The normalized spacial score (nSPS) is 13.9. The Kier molecular flexibility index (Phi) is 5.98. The second kappa shape index (κ2) is 7.26. The van der Waals surface area contributed by atoms with E-state index in [1.54, 1.807) is 6.07 Å². The molecule has 0 bridgehead atoms. The van der Waals surface area contributed by atoms with E-state index in [-0.39, 0.29) is 17.7 Å². The van der Waals surface area contributed by atoms with Gasteiger partial charge in [0.15, 0.2) is 0 Å². The molecule has 0 saturated heterocycles. The van der Waals surface area contributed by atoms with E-state index in [1.807, 2.05) is 13.8 Å². The highest BCUT2D eigenvalue weighted by Gasteiger charge is 2.12. The molecule has 5 heteroatoms. The standard InChI is InChI=1S/C13H18FNO2S/c1-3-5-10(2)15-13(16)9-18(17)12-7-4-6-11(14)8-12/h4,6-8,10H,3,5,9H2,1-2H3,(H,15,16). The van der Waals surface area contributed by atoms with Gasteiger partial charge in [0.2, 0.25) is 5.91 Å². The van der Waals surface area contributed by atoms with Crippen LogP contribution in [0.15, 0.2) is 29.2 Å². The lowest BCUT2D eigenvalue weighted by atomic mass is 10.2. The molecule has 0 heterocycles. The van der Waals surface area contributed by atoms with E-state index in [9.17, 15) is 13.4 Å². The van der Waals surface area contributed by atoms with Crippen molar-refractivity contribution in [3.63, 3.8) is 0 Å². The van der Waals surface area contributed by atoms with Crippen molar-refractivity contribution in [2.45, 2.75) is 37.6 Å². The van der Waals surface area contributed by atoms with Crippen LogP contribution in [-0.4, -0.2) is 21.9 Å². The van der Waals surface area contributed by atoms with Crippen molar-refractivity contribution in [3.8, 4) is 0 Å². The van der Waals surface area contributed by atoms with Gasteiger partial charge in [-0.1, -0.05) is 19.4 Å². The number of hydrogen-bond acceptors (Lipinski definition) is 2. The molecule has 0 aliphatic rings. The molecule has 0 spiro atoms. The second-order valence-corrected chi connectivity index (χ2v) is 5.66. The van der Waals surface area contributed by atoms with Crippen molar-refractivity contribution < 1.29 is 13.4 Å². The van der Waals surface area contributed by atoms with Crippen molar-refractivity contribution >= 4 is 16.7 Å². The fourth-order valence-electron chi connectivity index (χ4n) is 1.63. The van der Waals surface area contributed by atoms with Gasteiger partial charge in [0, 0.05) is 10.9 Å². The van der Waals surface area contributed by atoms with Crippen molar-refractivity contribution in [3.05, 3.63) is 30.1 Å². The van der Waals surface area contributed by atoms with E-state index in [0.717, 1.165) is 12.8 Å². The highest BCUT2D eigenvalue weighted by atomic mass is 32.2. The summed E-state index contributed by atoms with van der Waals surface area (Å²) in [7, 11) is -1.50. The summed E-state index contributed by atoms with van der Waals surface area (Å²) in [5.41, 5.74) is 0. The molecule has 0 aliphatic heterocycles. The molecule has 1 aromatic carbocycles. The van der Waals surface area contributed by atoms with E-state index in [0.29, 0.717) is 4.90 Å². The first-order valence-electron chi connectivity index (χ1n) is 5.96. The number of halogens is 1. The maximum Gasteiger partial charge on any atom is 0.233 e. The molecule has 18 heavy (non-hydrogen) atoms. The number of carbonyl (C=O) groups is 1.